The van der Waals surface area contributed by atoms with Crippen molar-refractivity contribution in [1.82, 2.24) is 9.97 Å². The Hall–Kier alpha value is -1.57. The predicted molar refractivity (Wildman–Crippen MR) is 78.2 cm³/mol. The summed E-state index contributed by atoms with van der Waals surface area (Å²) >= 11 is 4.50. The smallest absolute Gasteiger partial charge is 0.336 e. The first-order valence-corrected chi connectivity index (χ1v) is 7.97. The molecule has 3 aromatic rings. The number of hydrogen-bond donors (Lipinski definition) is 1. The average molecular weight is 308 g/mol. The third kappa shape index (κ3) is 2.44. The molecular formula is C12H8N2O2S3. The quantitative estimate of drug-likeness (QED) is 0.794. The number of carboxylic acid groups (broad SMARTS) is 1. The SMILES string of the molecule is Cc1nc(-c2nc(-c3cc(C(=O)O)cs3)cs2)cs1. The third-order valence-corrected chi connectivity index (χ3v) is 5.03. The Morgan fingerprint density at radius 1 is 1.11 bits per heavy atom. The largest absolute Gasteiger partial charge is 0.478 e. The van der Waals surface area contributed by atoms with Gasteiger partial charge in [-0.1, -0.05) is 0 Å². The molecule has 3 rings (SSSR count). The Morgan fingerprint density at radius 2 is 1.89 bits per heavy atom. The fraction of sp³-hybridized carbons (Fsp3) is 0.0833. The maximum atomic E-state index is 10.9. The van der Waals surface area contributed by atoms with Crippen LogP contribution in [0, 0.1) is 6.92 Å². The highest BCUT2D eigenvalue weighted by molar-refractivity contribution is 7.16. The van der Waals surface area contributed by atoms with E-state index in [1.807, 2.05) is 17.7 Å². The van der Waals surface area contributed by atoms with Crippen LogP contribution in [0.15, 0.2) is 22.2 Å². The molecule has 0 spiro atoms. The van der Waals surface area contributed by atoms with Gasteiger partial charge in [-0.05, 0) is 13.0 Å². The first-order chi connectivity index (χ1) is 9.13. The van der Waals surface area contributed by atoms with E-state index in [4.69, 9.17) is 5.11 Å². The molecule has 7 heteroatoms. The molecular weight excluding hydrogens is 300 g/mol. The molecule has 4 nitrogen and oxygen atoms in total. The lowest BCUT2D eigenvalue weighted by atomic mass is 10.3. The number of thiophene rings is 1. The molecule has 0 unspecified atom stereocenters. The van der Waals surface area contributed by atoms with Crippen LogP contribution in [0.25, 0.3) is 21.3 Å². The van der Waals surface area contributed by atoms with E-state index in [0.29, 0.717) is 5.56 Å². The summed E-state index contributed by atoms with van der Waals surface area (Å²) in [4.78, 5) is 20.6. The Kier molecular flexibility index (Phi) is 3.17. The number of aromatic nitrogens is 2. The van der Waals surface area contributed by atoms with E-state index in [1.54, 1.807) is 22.8 Å². The van der Waals surface area contributed by atoms with Crippen LogP contribution in [0.3, 0.4) is 0 Å². The molecule has 0 aliphatic carbocycles. The highest BCUT2D eigenvalue weighted by atomic mass is 32.1. The number of aryl methyl sites for hydroxylation is 1. The summed E-state index contributed by atoms with van der Waals surface area (Å²) in [5.74, 6) is -0.909. The van der Waals surface area contributed by atoms with E-state index in [2.05, 4.69) is 9.97 Å². The minimum absolute atomic E-state index is 0.305. The van der Waals surface area contributed by atoms with Crippen LogP contribution in [0.2, 0.25) is 0 Å². The van der Waals surface area contributed by atoms with Crippen LogP contribution in [0.5, 0.6) is 0 Å². The second-order valence-corrected chi connectivity index (χ2v) is 6.63. The molecule has 96 valence electrons. The number of carboxylic acids is 1. The minimum atomic E-state index is -0.909. The monoisotopic (exact) mass is 308 g/mol. The van der Waals surface area contributed by atoms with Crippen molar-refractivity contribution < 1.29 is 9.90 Å². The van der Waals surface area contributed by atoms with E-state index >= 15 is 0 Å². The molecule has 0 aliphatic heterocycles. The number of hydrogen-bond acceptors (Lipinski definition) is 6. The maximum Gasteiger partial charge on any atom is 0.336 e. The van der Waals surface area contributed by atoms with Crippen molar-refractivity contribution in [3.8, 4) is 21.3 Å². The van der Waals surface area contributed by atoms with Crippen molar-refractivity contribution in [2.45, 2.75) is 6.92 Å². The molecule has 0 amide bonds. The van der Waals surface area contributed by atoms with Gasteiger partial charge in [-0.25, -0.2) is 14.8 Å². The highest BCUT2D eigenvalue weighted by Gasteiger charge is 2.12. The molecule has 0 atom stereocenters. The van der Waals surface area contributed by atoms with Crippen molar-refractivity contribution in [2.24, 2.45) is 0 Å². The average Bonchev–Trinajstić information content (AvgIpc) is 3.07. The van der Waals surface area contributed by atoms with Gasteiger partial charge in [-0.3, -0.25) is 0 Å². The molecule has 0 aromatic carbocycles. The third-order valence-electron chi connectivity index (χ3n) is 2.44. The fourth-order valence-corrected chi connectivity index (χ4v) is 3.92. The van der Waals surface area contributed by atoms with E-state index in [1.165, 1.54) is 22.7 Å². The molecule has 0 aliphatic rings. The van der Waals surface area contributed by atoms with E-state index in [9.17, 15) is 4.79 Å². The zero-order valence-corrected chi connectivity index (χ0v) is 12.2. The molecule has 3 heterocycles. The predicted octanol–water partition coefficient (Wildman–Crippen LogP) is 4.00. The molecule has 0 fully saturated rings. The molecule has 3 aromatic heterocycles. The number of aromatic carboxylic acids is 1. The Balaban J connectivity index is 1.94. The number of carbonyl (C=O) groups is 1. The summed E-state index contributed by atoms with van der Waals surface area (Å²) in [6, 6.07) is 1.65. The lowest BCUT2D eigenvalue weighted by molar-refractivity contribution is 0.0697. The Labute approximate surface area is 121 Å². The van der Waals surface area contributed by atoms with Gasteiger partial charge in [-0.2, -0.15) is 0 Å². The van der Waals surface area contributed by atoms with Crippen molar-refractivity contribution >= 4 is 40.0 Å². The summed E-state index contributed by atoms with van der Waals surface area (Å²) < 4.78 is 0. The molecule has 0 saturated heterocycles. The molecule has 0 radical (unpaired) electrons. The van der Waals surface area contributed by atoms with Gasteiger partial charge in [0.25, 0.3) is 0 Å². The maximum absolute atomic E-state index is 10.9. The standard InChI is InChI=1S/C12H8N2O2S3/c1-6-13-9(5-17-6)11-14-8(4-19-11)10-2-7(3-18-10)12(15)16/h2-5H,1H3,(H,15,16). The lowest BCUT2D eigenvalue weighted by Gasteiger charge is -1.89. The zero-order valence-electron chi connectivity index (χ0n) is 9.78. The normalized spacial score (nSPS) is 10.8. The van der Waals surface area contributed by atoms with Gasteiger partial charge < -0.3 is 5.11 Å². The second kappa shape index (κ2) is 4.84. The summed E-state index contributed by atoms with van der Waals surface area (Å²) in [6.07, 6.45) is 0. The van der Waals surface area contributed by atoms with Gasteiger partial charge in [0.05, 0.1) is 21.1 Å². The lowest BCUT2D eigenvalue weighted by Crippen LogP contribution is -1.91. The second-order valence-electron chi connectivity index (χ2n) is 3.79. The van der Waals surface area contributed by atoms with E-state index < -0.39 is 5.97 Å². The minimum Gasteiger partial charge on any atom is -0.478 e. The topological polar surface area (TPSA) is 63.1 Å². The van der Waals surface area contributed by atoms with Gasteiger partial charge in [0, 0.05) is 16.1 Å². The van der Waals surface area contributed by atoms with Gasteiger partial charge in [0.2, 0.25) is 0 Å². The van der Waals surface area contributed by atoms with Crippen molar-refractivity contribution in [3.05, 3.63) is 32.8 Å². The summed E-state index contributed by atoms with van der Waals surface area (Å²) in [6.45, 7) is 1.96. The molecule has 1 N–H and O–H groups in total. The van der Waals surface area contributed by atoms with Crippen molar-refractivity contribution in [3.63, 3.8) is 0 Å². The van der Waals surface area contributed by atoms with Crippen LogP contribution in [0.4, 0.5) is 0 Å². The van der Waals surface area contributed by atoms with Crippen molar-refractivity contribution in [1.29, 1.82) is 0 Å². The van der Waals surface area contributed by atoms with Crippen molar-refractivity contribution in [2.75, 3.05) is 0 Å². The summed E-state index contributed by atoms with van der Waals surface area (Å²) in [5.41, 5.74) is 2.00. The van der Waals surface area contributed by atoms with E-state index in [-0.39, 0.29) is 0 Å². The van der Waals surface area contributed by atoms with Gasteiger partial charge >= 0.3 is 5.97 Å². The number of nitrogens with zero attached hydrogens (tertiary/aromatic N) is 2. The molecule has 19 heavy (non-hydrogen) atoms. The summed E-state index contributed by atoms with van der Waals surface area (Å²) in [5, 5.41) is 16.3. The van der Waals surface area contributed by atoms with Gasteiger partial charge in [0.15, 0.2) is 0 Å². The molecule has 0 saturated carbocycles. The number of thiazole rings is 2. The van der Waals surface area contributed by atoms with E-state index in [0.717, 1.165) is 26.3 Å². The van der Waals surface area contributed by atoms with Crippen LogP contribution in [-0.2, 0) is 0 Å². The van der Waals surface area contributed by atoms with Crippen LogP contribution >= 0.6 is 34.0 Å². The summed E-state index contributed by atoms with van der Waals surface area (Å²) in [7, 11) is 0. The Morgan fingerprint density at radius 3 is 2.53 bits per heavy atom. The first kappa shape index (κ1) is 12.5. The van der Waals surface area contributed by atoms with Gasteiger partial charge in [0.1, 0.15) is 10.7 Å². The van der Waals surface area contributed by atoms with Crippen LogP contribution < -0.4 is 0 Å². The first-order valence-electron chi connectivity index (χ1n) is 5.34. The molecule has 0 bridgehead atoms. The highest BCUT2D eigenvalue weighted by Crippen LogP contribution is 2.32. The zero-order chi connectivity index (χ0) is 13.4. The van der Waals surface area contributed by atoms with Crippen LogP contribution in [0.1, 0.15) is 15.4 Å². The number of rotatable bonds is 3. The van der Waals surface area contributed by atoms with Gasteiger partial charge in [-0.15, -0.1) is 34.0 Å². The van der Waals surface area contributed by atoms with Crippen LogP contribution in [-0.4, -0.2) is 21.0 Å². The fourth-order valence-electron chi connectivity index (χ4n) is 1.55. The Bertz CT molecular complexity index is 742.